The Kier molecular flexibility index (Phi) is 5.52. The first-order valence-electron chi connectivity index (χ1n) is 6.99. The molecule has 0 radical (unpaired) electrons. The van der Waals surface area contributed by atoms with Gasteiger partial charge in [0, 0.05) is 17.7 Å². The number of benzene rings is 2. The Hall–Kier alpha value is -1.91. The van der Waals surface area contributed by atoms with Crippen LogP contribution in [0.2, 0.25) is 0 Å². The smallest absolute Gasteiger partial charge is 0.150 e. The molecule has 116 valence electrons. The van der Waals surface area contributed by atoms with Gasteiger partial charge in [0.15, 0.2) is 0 Å². The average Bonchev–Trinajstić information content (AvgIpc) is 3.02. The predicted octanol–water partition coefficient (Wildman–Crippen LogP) is 3.47. The molecule has 5 heteroatoms. The van der Waals surface area contributed by atoms with Gasteiger partial charge in [-0.05, 0) is 48.9 Å². The van der Waals surface area contributed by atoms with E-state index in [0.29, 0.717) is 5.56 Å². The summed E-state index contributed by atoms with van der Waals surface area (Å²) in [6.07, 6.45) is 1.89. The number of hydrogen-bond donors (Lipinski definition) is 1. The quantitative estimate of drug-likeness (QED) is 0.876. The zero-order valence-electron chi connectivity index (χ0n) is 11.9. The first-order valence-corrected chi connectivity index (χ1v) is 6.99. The lowest BCUT2D eigenvalue weighted by Gasteiger charge is -2.16. The Morgan fingerprint density at radius 3 is 2.59 bits per heavy atom. The van der Waals surface area contributed by atoms with Gasteiger partial charge in [-0.25, -0.2) is 4.39 Å². The molecule has 1 aliphatic rings. The van der Waals surface area contributed by atoms with E-state index >= 15 is 0 Å². The lowest BCUT2D eigenvalue weighted by molar-refractivity contribution is 0.112. The molecule has 0 aromatic heterocycles. The van der Waals surface area contributed by atoms with Gasteiger partial charge in [-0.1, -0.05) is 12.1 Å². The van der Waals surface area contributed by atoms with Gasteiger partial charge in [0.2, 0.25) is 0 Å². The molecule has 0 saturated carbocycles. The van der Waals surface area contributed by atoms with Crippen LogP contribution >= 0.6 is 12.4 Å². The molecule has 3 nitrogen and oxygen atoms in total. The van der Waals surface area contributed by atoms with Crippen LogP contribution in [0.5, 0.6) is 5.75 Å². The summed E-state index contributed by atoms with van der Waals surface area (Å²) in [7, 11) is 0. The first kappa shape index (κ1) is 16.5. The Bertz CT molecular complexity index is 640. The number of hydrogen-bond acceptors (Lipinski definition) is 3. The predicted molar refractivity (Wildman–Crippen MR) is 86.4 cm³/mol. The van der Waals surface area contributed by atoms with Crippen LogP contribution in [0.15, 0.2) is 42.5 Å². The SMILES string of the molecule is Cl.O=Cc1ccc(O[C@H]2CCNC2)c(-c2ccc(F)cc2)c1. The van der Waals surface area contributed by atoms with Crippen molar-refractivity contribution in [1.82, 2.24) is 5.32 Å². The topological polar surface area (TPSA) is 38.3 Å². The molecule has 0 bridgehead atoms. The average molecular weight is 322 g/mol. The van der Waals surface area contributed by atoms with Crippen molar-refractivity contribution in [3.8, 4) is 16.9 Å². The van der Waals surface area contributed by atoms with Gasteiger partial charge in [-0.2, -0.15) is 0 Å². The van der Waals surface area contributed by atoms with Crippen molar-refractivity contribution in [2.24, 2.45) is 0 Å². The zero-order valence-corrected chi connectivity index (χ0v) is 12.7. The second kappa shape index (κ2) is 7.38. The van der Waals surface area contributed by atoms with E-state index < -0.39 is 0 Å². The molecule has 1 aliphatic heterocycles. The van der Waals surface area contributed by atoms with E-state index in [1.54, 1.807) is 30.3 Å². The van der Waals surface area contributed by atoms with Crippen molar-refractivity contribution in [1.29, 1.82) is 0 Å². The first-order chi connectivity index (χ1) is 10.3. The number of carbonyl (C=O) groups excluding carboxylic acids is 1. The van der Waals surface area contributed by atoms with E-state index in [-0.39, 0.29) is 24.3 Å². The van der Waals surface area contributed by atoms with Crippen molar-refractivity contribution in [2.45, 2.75) is 12.5 Å². The Morgan fingerprint density at radius 2 is 1.95 bits per heavy atom. The highest BCUT2D eigenvalue weighted by Gasteiger charge is 2.18. The summed E-state index contributed by atoms with van der Waals surface area (Å²) in [4.78, 5) is 11.0. The minimum atomic E-state index is -0.284. The van der Waals surface area contributed by atoms with Gasteiger partial charge in [0.1, 0.15) is 24.0 Å². The van der Waals surface area contributed by atoms with Crippen LogP contribution in [0.1, 0.15) is 16.8 Å². The van der Waals surface area contributed by atoms with Gasteiger partial charge in [-0.15, -0.1) is 12.4 Å². The lowest BCUT2D eigenvalue weighted by Crippen LogP contribution is -2.19. The van der Waals surface area contributed by atoms with Crippen molar-refractivity contribution in [2.75, 3.05) is 13.1 Å². The molecule has 1 saturated heterocycles. The van der Waals surface area contributed by atoms with Crippen LogP contribution in [0.4, 0.5) is 4.39 Å². The van der Waals surface area contributed by atoms with E-state index in [4.69, 9.17) is 4.74 Å². The van der Waals surface area contributed by atoms with E-state index in [1.807, 2.05) is 0 Å². The molecule has 0 aliphatic carbocycles. The van der Waals surface area contributed by atoms with Gasteiger partial charge in [0.05, 0.1) is 0 Å². The van der Waals surface area contributed by atoms with Crippen LogP contribution in [-0.2, 0) is 0 Å². The Balaban J connectivity index is 0.00000176. The molecule has 0 amide bonds. The van der Waals surface area contributed by atoms with Gasteiger partial charge in [0.25, 0.3) is 0 Å². The molecule has 1 N–H and O–H groups in total. The summed E-state index contributed by atoms with van der Waals surface area (Å²) >= 11 is 0. The highest BCUT2D eigenvalue weighted by atomic mass is 35.5. The van der Waals surface area contributed by atoms with E-state index in [9.17, 15) is 9.18 Å². The molecule has 2 aromatic rings. The van der Waals surface area contributed by atoms with Crippen LogP contribution in [0, 0.1) is 5.82 Å². The fraction of sp³-hybridized carbons (Fsp3) is 0.235. The monoisotopic (exact) mass is 321 g/mol. The summed E-state index contributed by atoms with van der Waals surface area (Å²) in [6, 6.07) is 11.5. The van der Waals surface area contributed by atoms with Crippen LogP contribution in [-0.4, -0.2) is 25.5 Å². The standard InChI is InChI=1S/C17H16FNO2.ClH/c18-14-4-2-13(3-5-14)16-9-12(11-20)1-6-17(16)21-15-7-8-19-10-15;/h1-6,9,11,15,19H,7-8,10H2;1H/t15-;/m0./s1. The number of carbonyl (C=O) groups is 1. The summed E-state index contributed by atoms with van der Waals surface area (Å²) in [5.74, 6) is 0.439. The number of ether oxygens (including phenoxy) is 1. The molecular weight excluding hydrogens is 305 g/mol. The normalized spacial score (nSPS) is 16.9. The van der Waals surface area contributed by atoms with Crippen molar-refractivity contribution in [3.05, 3.63) is 53.8 Å². The summed E-state index contributed by atoms with van der Waals surface area (Å²) < 4.78 is 19.1. The maximum absolute atomic E-state index is 13.1. The zero-order chi connectivity index (χ0) is 14.7. The minimum Gasteiger partial charge on any atom is -0.488 e. The summed E-state index contributed by atoms with van der Waals surface area (Å²) in [5, 5.41) is 3.25. The fourth-order valence-electron chi connectivity index (χ4n) is 2.49. The van der Waals surface area contributed by atoms with Gasteiger partial charge >= 0.3 is 0 Å². The second-order valence-corrected chi connectivity index (χ2v) is 5.11. The maximum atomic E-state index is 13.1. The second-order valence-electron chi connectivity index (χ2n) is 5.11. The van der Waals surface area contributed by atoms with Crippen molar-refractivity contribution >= 4 is 18.7 Å². The van der Waals surface area contributed by atoms with Crippen LogP contribution in [0.25, 0.3) is 11.1 Å². The molecule has 2 aromatic carbocycles. The number of halogens is 2. The third-order valence-electron chi connectivity index (χ3n) is 3.60. The lowest BCUT2D eigenvalue weighted by atomic mass is 10.0. The van der Waals surface area contributed by atoms with Crippen molar-refractivity contribution in [3.63, 3.8) is 0 Å². The highest BCUT2D eigenvalue weighted by molar-refractivity contribution is 5.85. The molecule has 0 spiro atoms. The minimum absolute atomic E-state index is 0. The van der Waals surface area contributed by atoms with Gasteiger partial charge in [-0.3, -0.25) is 4.79 Å². The Labute approximate surface area is 134 Å². The maximum Gasteiger partial charge on any atom is 0.150 e. The van der Waals surface area contributed by atoms with Crippen molar-refractivity contribution < 1.29 is 13.9 Å². The molecule has 1 heterocycles. The fourth-order valence-corrected chi connectivity index (χ4v) is 2.49. The van der Waals surface area contributed by atoms with E-state index in [1.165, 1.54) is 12.1 Å². The molecule has 1 fully saturated rings. The Morgan fingerprint density at radius 1 is 1.18 bits per heavy atom. The summed E-state index contributed by atoms with van der Waals surface area (Å²) in [5.41, 5.74) is 2.22. The largest absolute Gasteiger partial charge is 0.488 e. The third-order valence-corrected chi connectivity index (χ3v) is 3.60. The number of nitrogens with one attached hydrogen (secondary N) is 1. The number of rotatable bonds is 4. The molecule has 0 unspecified atom stereocenters. The molecular formula is C17H17ClFNO2. The highest BCUT2D eigenvalue weighted by Crippen LogP contribution is 2.32. The summed E-state index contributed by atoms with van der Waals surface area (Å²) in [6.45, 7) is 1.77. The van der Waals surface area contributed by atoms with Gasteiger partial charge < -0.3 is 10.1 Å². The van der Waals surface area contributed by atoms with E-state index in [0.717, 1.165) is 42.7 Å². The molecule has 1 atom stereocenters. The molecule has 3 rings (SSSR count). The van der Waals surface area contributed by atoms with Crippen LogP contribution in [0.3, 0.4) is 0 Å². The third kappa shape index (κ3) is 3.64. The van der Waals surface area contributed by atoms with E-state index in [2.05, 4.69) is 5.32 Å². The number of aldehydes is 1. The molecule has 22 heavy (non-hydrogen) atoms. The van der Waals surface area contributed by atoms with Crippen LogP contribution < -0.4 is 10.1 Å².